The average Bonchev–Trinajstić information content (AvgIpc) is 2.75. The zero-order valence-electron chi connectivity index (χ0n) is 17.1. The lowest BCUT2D eigenvalue weighted by Gasteiger charge is -2.37. The third-order valence-corrected chi connectivity index (χ3v) is 5.78. The Hall–Kier alpha value is -2.25. The fourth-order valence-electron chi connectivity index (χ4n) is 4.01. The molecule has 0 unspecified atom stereocenters. The van der Waals surface area contributed by atoms with Crippen LogP contribution in [0.1, 0.15) is 54.9 Å². The highest BCUT2D eigenvalue weighted by Gasteiger charge is 2.41. The van der Waals surface area contributed by atoms with E-state index in [9.17, 15) is 14.4 Å². The van der Waals surface area contributed by atoms with Crippen LogP contribution in [0.5, 0.6) is 0 Å². The molecule has 1 aliphatic carbocycles. The first-order chi connectivity index (χ1) is 14.0. The lowest BCUT2D eigenvalue weighted by Crippen LogP contribution is -2.61. The Balaban J connectivity index is 1.65. The van der Waals surface area contributed by atoms with Gasteiger partial charge in [0.15, 0.2) is 0 Å². The number of aldehydes is 1. The van der Waals surface area contributed by atoms with Gasteiger partial charge in [-0.1, -0.05) is 31.4 Å². The number of hydrogen-bond donors (Lipinski definition) is 2. The van der Waals surface area contributed by atoms with Gasteiger partial charge >= 0.3 is 0 Å². The van der Waals surface area contributed by atoms with Crippen LogP contribution in [0, 0.1) is 0 Å². The van der Waals surface area contributed by atoms with Gasteiger partial charge in [0.05, 0.1) is 19.3 Å². The fraction of sp³-hybridized carbons (Fsp3) is 0.591. The van der Waals surface area contributed by atoms with Gasteiger partial charge in [0.2, 0.25) is 5.91 Å². The van der Waals surface area contributed by atoms with E-state index in [4.69, 9.17) is 4.74 Å². The van der Waals surface area contributed by atoms with Crippen LogP contribution in [0.25, 0.3) is 0 Å². The van der Waals surface area contributed by atoms with Gasteiger partial charge in [0, 0.05) is 25.2 Å². The van der Waals surface area contributed by atoms with E-state index in [2.05, 4.69) is 15.5 Å². The molecular weight excluding hydrogens is 370 g/mol. The van der Waals surface area contributed by atoms with Crippen molar-refractivity contribution in [1.82, 2.24) is 15.5 Å². The Bertz CT molecular complexity index is 707. The van der Waals surface area contributed by atoms with Crippen molar-refractivity contribution in [1.29, 1.82) is 0 Å². The zero-order chi connectivity index (χ0) is 20.7. The van der Waals surface area contributed by atoms with E-state index in [1.807, 2.05) is 24.3 Å². The number of benzene rings is 1. The molecule has 2 fully saturated rings. The molecule has 0 bridgehead atoms. The van der Waals surface area contributed by atoms with Crippen molar-refractivity contribution in [3.63, 3.8) is 0 Å². The van der Waals surface area contributed by atoms with Gasteiger partial charge in [-0.05, 0) is 37.5 Å². The molecule has 29 heavy (non-hydrogen) atoms. The summed E-state index contributed by atoms with van der Waals surface area (Å²) in [5.74, 6) is -0.521. The number of carbonyl (C=O) groups is 3. The zero-order valence-corrected chi connectivity index (χ0v) is 17.1. The van der Waals surface area contributed by atoms with Crippen molar-refractivity contribution in [2.45, 2.75) is 57.2 Å². The van der Waals surface area contributed by atoms with Gasteiger partial charge in [-0.15, -0.1) is 0 Å². The molecule has 1 aliphatic heterocycles. The molecule has 2 N–H and O–H groups in total. The summed E-state index contributed by atoms with van der Waals surface area (Å²) in [5, 5.41) is 5.70. The van der Waals surface area contributed by atoms with Gasteiger partial charge in [0.1, 0.15) is 11.8 Å². The van der Waals surface area contributed by atoms with Gasteiger partial charge in [-0.2, -0.15) is 0 Å². The van der Waals surface area contributed by atoms with Crippen molar-refractivity contribution in [2.24, 2.45) is 0 Å². The molecule has 1 aromatic carbocycles. The van der Waals surface area contributed by atoms with Crippen molar-refractivity contribution in [2.75, 3.05) is 26.3 Å². The molecule has 1 aromatic rings. The number of nitrogens with zero attached hydrogens (tertiary/aromatic N) is 1. The minimum absolute atomic E-state index is 0.251. The van der Waals surface area contributed by atoms with E-state index in [-0.39, 0.29) is 11.8 Å². The van der Waals surface area contributed by atoms with Crippen LogP contribution in [0.15, 0.2) is 24.3 Å². The van der Waals surface area contributed by atoms with Crippen LogP contribution in [0.2, 0.25) is 0 Å². The third-order valence-electron chi connectivity index (χ3n) is 5.78. The molecular formula is C22H31N3O4. The molecule has 0 radical (unpaired) electrons. The number of hydrogen-bond acceptors (Lipinski definition) is 5. The van der Waals surface area contributed by atoms with E-state index in [1.165, 1.54) is 0 Å². The Kier molecular flexibility index (Phi) is 7.39. The molecule has 1 heterocycles. The van der Waals surface area contributed by atoms with Crippen LogP contribution < -0.4 is 10.6 Å². The maximum Gasteiger partial charge on any atom is 0.252 e. The second-order valence-electron chi connectivity index (χ2n) is 8.08. The van der Waals surface area contributed by atoms with Crippen molar-refractivity contribution >= 4 is 18.1 Å². The van der Waals surface area contributed by atoms with Gasteiger partial charge in [-0.25, -0.2) is 0 Å². The lowest BCUT2D eigenvalue weighted by molar-refractivity contribution is -0.130. The van der Waals surface area contributed by atoms with Crippen LogP contribution in [0.3, 0.4) is 0 Å². The molecule has 1 saturated carbocycles. The molecule has 158 valence electrons. The Morgan fingerprint density at radius 2 is 1.79 bits per heavy atom. The maximum atomic E-state index is 12.9. The molecule has 0 aromatic heterocycles. The summed E-state index contributed by atoms with van der Waals surface area (Å²) in [5.41, 5.74) is 0.740. The minimum Gasteiger partial charge on any atom is -0.379 e. The maximum absolute atomic E-state index is 12.9. The summed E-state index contributed by atoms with van der Waals surface area (Å²) in [6, 6.07) is 6.98. The standard InChI is InChI=1S/C22H31N3O4/c1-17(16-26)23-21(28)22(9-3-2-4-10-22)24-20(27)19-7-5-18(6-8-19)15-25-11-13-29-14-12-25/h5-8,16-17H,2-4,9-15H2,1H3,(H,23,28)(H,24,27)/t17-/m0/s1. The Morgan fingerprint density at radius 3 is 2.41 bits per heavy atom. The van der Waals surface area contributed by atoms with Crippen molar-refractivity contribution < 1.29 is 19.1 Å². The van der Waals surface area contributed by atoms with E-state index in [0.717, 1.165) is 57.7 Å². The largest absolute Gasteiger partial charge is 0.379 e. The molecule has 2 amide bonds. The van der Waals surface area contributed by atoms with E-state index < -0.39 is 11.6 Å². The van der Waals surface area contributed by atoms with Crippen LogP contribution >= 0.6 is 0 Å². The molecule has 2 aliphatic rings. The summed E-state index contributed by atoms with van der Waals surface area (Å²) < 4.78 is 5.37. The van der Waals surface area contributed by atoms with Crippen LogP contribution in [0.4, 0.5) is 0 Å². The molecule has 1 atom stereocenters. The van der Waals surface area contributed by atoms with E-state index in [1.54, 1.807) is 6.92 Å². The number of morpholine rings is 1. The molecule has 0 spiro atoms. The smallest absolute Gasteiger partial charge is 0.252 e. The van der Waals surface area contributed by atoms with Gasteiger partial charge < -0.3 is 20.2 Å². The monoisotopic (exact) mass is 401 g/mol. The lowest BCUT2D eigenvalue weighted by atomic mass is 9.80. The number of ether oxygens (including phenoxy) is 1. The normalized spacial score (nSPS) is 20.4. The molecule has 7 nitrogen and oxygen atoms in total. The molecule has 7 heteroatoms. The Morgan fingerprint density at radius 1 is 1.14 bits per heavy atom. The summed E-state index contributed by atoms with van der Waals surface area (Å²) in [4.78, 5) is 39.0. The van der Waals surface area contributed by atoms with E-state index in [0.29, 0.717) is 24.7 Å². The average molecular weight is 402 g/mol. The number of amides is 2. The predicted octanol–water partition coefficient (Wildman–Crippen LogP) is 1.66. The second-order valence-corrected chi connectivity index (χ2v) is 8.08. The highest BCUT2D eigenvalue weighted by atomic mass is 16.5. The molecule has 1 saturated heterocycles. The van der Waals surface area contributed by atoms with Crippen LogP contribution in [-0.4, -0.2) is 60.9 Å². The van der Waals surface area contributed by atoms with Gasteiger partial charge in [0.25, 0.3) is 5.91 Å². The summed E-state index contributed by atoms with van der Waals surface area (Å²) in [6.07, 6.45) is 4.67. The van der Waals surface area contributed by atoms with Crippen LogP contribution in [-0.2, 0) is 20.9 Å². The highest BCUT2D eigenvalue weighted by Crippen LogP contribution is 2.29. The predicted molar refractivity (Wildman–Crippen MR) is 109 cm³/mol. The van der Waals surface area contributed by atoms with Crippen molar-refractivity contribution in [3.05, 3.63) is 35.4 Å². The minimum atomic E-state index is -0.945. The quantitative estimate of drug-likeness (QED) is 0.679. The first-order valence-corrected chi connectivity index (χ1v) is 10.5. The SMILES string of the molecule is C[C@@H](C=O)NC(=O)C1(NC(=O)c2ccc(CN3CCOCC3)cc2)CCCCC1. The van der Waals surface area contributed by atoms with E-state index >= 15 is 0 Å². The number of nitrogens with one attached hydrogen (secondary N) is 2. The third kappa shape index (κ3) is 5.64. The first kappa shape index (κ1) is 21.5. The topological polar surface area (TPSA) is 87.7 Å². The first-order valence-electron chi connectivity index (χ1n) is 10.5. The second kappa shape index (κ2) is 9.98. The highest BCUT2D eigenvalue weighted by molar-refractivity contribution is 5.99. The Labute approximate surface area is 172 Å². The number of carbonyl (C=O) groups excluding carboxylic acids is 3. The summed E-state index contributed by atoms with van der Waals surface area (Å²) in [7, 11) is 0. The number of rotatable bonds is 7. The molecule has 3 rings (SSSR count). The van der Waals surface area contributed by atoms with Gasteiger partial charge in [-0.3, -0.25) is 14.5 Å². The fourth-order valence-corrected chi connectivity index (χ4v) is 4.01. The van der Waals surface area contributed by atoms with Crippen molar-refractivity contribution in [3.8, 4) is 0 Å². The summed E-state index contributed by atoms with van der Waals surface area (Å²) >= 11 is 0. The summed E-state index contributed by atoms with van der Waals surface area (Å²) in [6.45, 7) is 5.82.